The Bertz CT molecular complexity index is 864. The van der Waals surface area contributed by atoms with E-state index in [4.69, 9.17) is 0 Å². The molecule has 2 aromatic carbocycles. The van der Waals surface area contributed by atoms with Gasteiger partial charge in [0.1, 0.15) is 13.1 Å². The predicted octanol–water partition coefficient (Wildman–Crippen LogP) is 3.53. The van der Waals surface area contributed by atoms with E-state index in [9.17, 15) is 0 Å². The van der Waals surface area contributed by atoms with Crippen LogP contribution in [0.25, 0.3) is 11.1 Å². The molecule has 0 amide bonds. The summed E-state index contributed by atoms with van der Waals surface area (Å²) in [5, 5.41) is 0. The van der Waals surface area contributed by atoms with E-state index in [0.29, 0.717) is 5.41 Å². The number of nitrogens with zero attached hydrogens (tertiary/aromatic N) is 1. The van der Waals surface area contributed by atoms with Crippen LogP contribution >= 0.6 is 22.6 Å². The Morgan fingerprint density at radius 3 is 2.29 bits per heavy atom. The molecule has 1 nitrogen and oxygen atoms in total. The first-order valence-electron chi connectivity index (χ1n) is 10.1. The Kier molecular flexibility index (Phi) is 6.67. The molecule has 3 aliphatic rings. The summed E-state index contributed by atoms with van der Waals surface area (Å²) < 4.78 is 2.34. The van der Waals surface area contributed by atoms with Crippen molar-refractivity contribution in [2.45, 2.75) is 33.2 Å². The first-order chi connectivity index (χ1) is 12.8. The molecule has 2 atom stereocenters. The van der Waals surface area contributed by atoms with Gasteiger partial charge in [-0.1, -0.05) is 62.4 Å². The van der Waals surface area contributed by atoms with Gasteiger partial charge in [-0.2, -0.15) is 0 Å². The summed E-state index contributed by atoms with van der Waals surface area (Å²) in [6.07, 6.45) is 5.27. The van der Waals surface area contributed by atoms with E-state index in [1.807, 2.05) is 0 Å². The van der Waals surface area contributed by atoms with E-state index in [2.05, 4.69) is 105 Å². The Morgan fingerprint density at radius 1 is 1.00 bits per heavy atom. The molecule has 0 heterocycles. The summed E-state index contributed by atoms with van der Waals surface area (Å²) in [6.45, 7) is 7.21. The second kappa shape index (κ2) is 8.38. The fraction of sp³-hybridized carbons (Fsp3) is 0.440. The van der Waals surface area contributed by atoms with Gasteiger partial charge in [0.15, 0.2) is 0 Å². The number of rotatable bonds is 5. The van der Waals surface area contributed by atoms with Gasteiger partial charge in [-0.15, -0.1) is 0 Å². The molecule has 1 fully saturated rings. The number of fused-ring (bicyclic) bond motifs is 1. The maximum Gasteiger partial charge on any atom is 0.104 e. The maximum absolute atomic E-state index is 2.56. The third-order valence-electron chi connectivity index (χ3n) is 6.94. The quantitative estimate of drug-likeness (QED) is 0.281. The zero-order valence-corrected chi connectivity index (χ0v) is 21.7. The highest BCUT2D eigenvalue weighted by atomic mass is 127. The van der Waals surface area contributed by atoms with E-state index >= 15 is 0 Å². The molecule has 0 aromatic heterocycles. The summed E-state index contributed by atoms with van der Waals surface area (Å²) >= 11 is 2.42. The van der Waals surface area contributed by atoms with Crippen molar-refractivity contribution < 1.29 is 28.5 Å². The van der Waals surface area contributed by atoms with Gasteiger partial charge < -0.3 is 28.5 Å². The lowest BCUT2D eigenvalue weighted by Crippen LogP contribution is -3.00. The van der Waals surface area contributed by atoms with Crippen molar-refractivity contribution in [1.82, 2.24) is 0 Å². The standard InChI is InChI=1S/C25H31IN.HI/c1-25(2)21-14-13-20(23(25)15-21)17-27(3,4)16-18-9-11-19(12-10-18)22-7-5-6-8-24(22)26;/h5-13,21,23H,14-17H2,1-4H3;1H/q+1;/p-1/t21-,23-;/m0./s1. The first-order valence-corrected chi connectivity index (χ1v) is 11.2. The lowest BCUT2D eigenvalue weighted by molar-refractivity contribution is -0.899. The van der Waals surface area contributed by atoms with E-state index < -0.39 is 0 Å². The number of halogens is 2. The van der Waals surface area contributed by atoms with Gasteiger partial charge in [0.2, 0.25) is 0 Å². The highest BCUT2D eigenvalue weighted by Gasteiger charge is 2.52. The van der Waals surface area contributed by atoms with Crippen LogP contribution in [0.3, 0.4) is 0 Å². The monoisotopic (exact) mass is 599 g/mol. The van der Waals surface area contributed by atoms with Crippen LogP contribution in [-0.4, -0.2) is 25.1 Å². The van der Waals surface area contributed by atoms with Gasteiger partial charge in [0, 0.05) is 9.13 Å². The van der Waals surface area contributed by atoms with Gasteiger partial charge in [-0.05, 0) is 75.4 Å². The van der Waals surface area contributed by atoms with Crippen LogP contribution in [0.4, 0.5) is 0 Å². The lowest BCUT2D eigenvalue weighted by atomic mass is 9.49. The largest absolute Gasteiger partial charge is 1.00 e. The number of benzene rings is 2. The average Bonchev–Trinajstić information content (AvgIpc) is 2.62. The van der Waals surface area contributed by atoms with E-state index in [-0.39, 0.29) is 24.0 Å². The summed E-state index contributed by atoms with van der Waals surface area (Å²) in [6, 6.07) is 17.8. The van der Waals surface area contributed by atoms with Crippen molar-refractivity contribution in [3.05, 3.63) is 69.3 Å². The molecule has 0 aliphatic heterocycles. The maximum atomic E-state index is 2.56. The molecular weight excluding hydrogens is 568 g/mol. The van der Waals surface area contributed by atoms with Crippen molar-refractivity contribution in [2.24, 2.45) is 17.3 Å². The van der Waals surface area contributed by atoms with Gasteiger partial charge in [-0.25, -0.2) is 0 Å². The zero-order valence-electron chi connectivity index (χ0n) is 17.4. The summed E-state index contributed by atoms with van der Waals surface area (Å²) in [5.41, 5.74) is 6.30. The van der Waals surface area contributed by atoms with Gasteiger partial charge >= 0.3 is 0 Å². The first kappa shape index (κ1) is 22.3. The number of allylic oxidation sites excluding steroid dienone is 1. The number of quaternary nitrogens is 1. The van der Waals surface area contributed by atoms with Gasteiger partial charge in [0.25, 0.3) is 0 Å². The van der Waals surface area contributed by atoms with Crippen molar-refractivity contribution in [3.8, 4) is 11.1 Å². The molecule has 5 rings (SSSR count). The van der Waals surface area contributed by atoms with Crippen LogP contribution in [0.5, 0.6) is 0 Å². The molecule has 0 radical (unpaired) electrons. The van der Waals surface area contributed by atoms with Crippen LogP contribution in [0.2, 0.25) is 0 Å². The van der Waals surface area contributed by atoms with Crippen LogP contribution in [0, 0.1) is 20.8 Å². The van der Waals surface area contributed by atoms with E-state index in [0.717, 1.165) is 22.9 Å². The zero-order chi connectivity index (χ0) is 19.2. The lowest BCUT2D eigenvalue weighted by Gasteiger charge is -2.57. The molecule has 3 heteroatoms. The summed E-state index contributed by atoms with van der Waals surface area (Å²) in [4.78, 5) is 0. The van der Waals surface area contributed by atoms with Crippen LogP contribution in [-0.2, 0) is 6.54 Å². The fourth-order valence-electron chi connectivity index (χ4n) is 5.19. The number of hydrogen-bond donors (Lipinski definition) is 0. The Hall–Kier alpha value is -0.400. The van der Waals surface area contributed by atoms with Crippen molar-refractivity contribution in [1.29, 1.82) is 0 Å². The number of hydrogen-bond acceptors (Lipinski definition) is 0. The predicted molar refractivity (Wildman–Crippen MR) is 123 cm³/mol. The molecule has 0 N–H and O–H groups in total. The third-order valence-corrected chi connectivity index (χ3v) is 7.88. The minimum absolute atomic E-state index is 0. The summed E-state index contributed by atoms with van der Waals surface area (Å²) in [5.74, 6) is 1.74. The van der Waals surface area contributed by atoms with Gasteiger partial charge in [-0.3, -0.25) is 0 Å². The minimum Gasteiger partial charge on any atom is -1.00 e. The highest BCUT2D eigenvalue weighted by molar-refractivity contribution is 14.1. The van der Waals surface area contributed by atoms with Crippen molar-refractivity contribution in [2.75, 3.05) is 20.6 Å². The smallest absolute Gasteiger partial charge is 0.104 e. The molecule has 0 unspecified atom stereocenters. The molecule has 1 saturated carbocycles. The number of likely N-dealkylation sites (N-methyl/N-ethyl adjacent to an activating group) is 1. The third kappa shape index (κ3) is 4.36. The molecule has 28 heavy (non-hydrogen) atoms. The topological polar surface area (TPSA) is 0 Å². The molecule has 0 saturated heterocycles. The van der Waals surface area contributed by atoms with E-state index in [1.54, 1.807) is 5.57 Å². The molecule has 0 spiro atoms. The fourth-order valence-corrected chi connectivity index (χ4v) is 5.88. The molecular formula is C25H31I2N. The highest BCUT2D eigenvalue weighted by Crippen LogP contribution is 2.59. The minimum atomic E-state index is 0. The van der Waals surface area contributed by atoms with Crippen LogP contribution < -0.4 is 24.0 Å². The second-order valence-corrected chi connectivity index (χ2v) is 10.9. The normalized spacial score (nSPS) is 22.7. The molecule has 2 aromatic rings. The Balaban J connectivity index is 0.00000225. The van der Waals surface area contributed by atoms with Crippen LogP contribution in [0.15, 0.2) is 60.2 Å². The molecule has 150 valence electrons. The Morgan fingerprint density at radius 2 is 1.68 bits per heavy atom. The second-order valence-electron chi connectivity index (χ2n) is 9.75. The van der Waals surface area contributed by atoms with Gasteiger partial charge in [0.05, 0.1) is 14.1 Å². The molecule has 2 bridgehead atoms. The average molecular weight is 599 g/mol. The van der Waals surface area contributed by atoms with Crippen molar-refractivity contribution >= 4 is 22.6 Å². The molecule has 3 aliphatic carbocycles. The van der Waals surface area contributed by atoms with Crippen LogP contribution in [0.1, 0.15) is 32.3 Å². The SMILES string of the molecule is CC1(C)[C@H]2CC=C(C[N+](C)(C)Cc3ccc(-c4ccccc4I)cc3)[C@@H]1C2.[I-]. The van der Waals surface area contributed by atoms with E-state index in [1.165, 1.54) is 39.6 Å². The van der Waals surface area contributed by atoms with Crippen molar-refractivity contribution in [3.63, 3.8) is 0 Å². The Labute approximate surface area is 201 Å². The summed E-state index contributed by atoms with van der Waals surface area (Å²) in [7, 11) is 4.76.